The van der Waals surface area contributed by atoms with Crippen molar-refractivity contribution in [3.63, 3.8) is 0 Å². The van der Waals surface area contributed by atoms with Crippen molar-refractivity contribution in [1.29, 1.82) is 0 Å². The number of nitrogen functional groups attached to an aromatic ring is 1. The van der Waals surface area contributed by atoms with Crippen LogP contribution in [0.3, 0.4) is 0 Å². The monoisotopic (exact) mass is 329 g/mol. The topological polar surface area (TPSA) is 76.7 Å². The Morgan fingerprint density at radius 2 is 2.10 bits per heavy atom. The molecule has 0 fully saturated rings. The molecule has 3 N–H and O–H groups in total. The van der Waals surface area contributed by atoms with Gasteiger partial charge in [0, 0.05) is 27.9 Å². The van der Waals surface area contributed by atoms with Crippen LogP contribution in [0, 0.1) is 0 Å². The number of halogens is 1. The maximum atomic E-state index is 5.99. The van der Waals surface area contributed by atoms with Crippen LogP contribution in [-0.4, -0.2) is 15.0 Å². The Bertz CT molecular complexity index is 745. The van der Waals surface area contributed by atoms with Gasteiger partial charge in [-0.2, -0.15) is 0 Å². The highest BCUT2D eigenvalue weighted by molar-refractivity contribution is 9.10. The first-order valence-electron chi connectivity index (χ1n) is 6.06. The van der Waals surface area contributed by atoms with Crippen LogP contribution in [-0.2, 0) is 6.54 Å². The SMILES string of the molecule is Nc1ccc(NCc2ccncn2)c2ncc(Br)cc12. The lowest BCUT2D eigenvalue weighted by Crippen LogP contribution is -2.03. The van der Waals surface area contributed by atoms with E-state index in [4.69, 9.17) is 5.73 Å². The van der Waals surface area contributed by atoms with Crippen molar-refractivity contribution < 1.29 is 0 Å². The number of anilines is 2. The molecule has 0 aliphatic carbocycles. The first kappa shape index (κ1) is 12.8. The molecule has 6 heteroatoms. The van der Waals surface area contributed by atoms with Crippen LogP contribution in [0.4, 0.5) is 11.4 Å². The molecule has 0 amide bonds. The molecule has 0 aliphatic rings. The van der Waals surface area contributed by atoms with E-state index in [1.165, 1.54) is 6.33 Å². The fourth-order valence-corrected chi connectivity index (χ4v) is 2.30. The van der Waals surface area contributed by atoms with Crippen LogP contribution in [0.1, 0.15) is 5.69 Å². The molecule has 0 saturated carbocycles. The van der Waals surface area contributed by atoms with Crippen molar-refractivity contribution in [2.75, 3.05) is 11.1 Å². The molecular weight excluding hydrogens is 318 g/mol. The summed E-state index contributed by atoms with van der Waals surface area (Å²) < 4.78 is 0.907. The molecule has 0 saturated heterocycles. The van der Waals surface area contributed by atoms with Crippen molar-refractivity contribution in [3.05, 3.63) is 53.2 Å². The highest BCUT2D eigenvalue weighted by Crippen LogP contribution is 2.28. The molecule has 3 aromatic rings. The summed E-state index contributed by atoms with van der Waals surface area (Å²) in [5, 5.41) is 4.25. The zero-order chi connectivity index (χ0) is 13.9. The summed E-state index contributed by atoms with van der Waals surface area (Å²) >= 11 is 3.41. The molecule has 0 radical (unpaired) electrons. The predicted octanol–water partition coefficient (Wildman–Crippen LogP) is 2.98. The molecule has 2 heterocycles. The van der Waals surface area contributed by atoms with Crippen molar-refractivity contribution in [2.45, 2.75) is 6.54 Å². The van der Waals surface area contributed by atoms with Crippen LogP contribution in [0.15, 0.2) is 47.5 Å². The third kappa shape index (κ3) is 2.55. The summed E-state index contributed by atoms with van der Waals surface area (Å²) in [5.74, 6) is 0. The summed E-state index contributed by atoms with van der Waals surface area (Å²) in [6.45, 7) is 0.610. The number of nitrogens with two attached hydrogens (primary N) is 1. The molecule has 5 nitrogen and oxygen atoms in total. The molecule has 20 heavy (non-hydrogen) atoms. The van der Waals surface area contributed by atoms with E-state index in [9.17, 15) is 0 Å². The Morgan fingerprint density at radius 1 is 1.20 bits per heavy atom. The quantitative estimate of drug-likeness (QED) is 0.722. The van der Waals surface area contributed by atoms with E-state index in [0.717, 1.165) is 26.8 Å². The Kier molecular flexibility index (Phi) is 3.47. The van der Waals surface area contributed by atoms with E-state index in [0.29, 0.717) is 12.2 Å². The van der Waals surface area contributed by atoms with Crippen molar-refractivity contribution in [1.82, 2.24) is 15.0 Å². The van der Waals surface area contributed by atoms with E-state index in [2.05, 4.69) is 36.2 Å². The highest BCUT2D eigenvalue weighted by atomic mass is 79.9. The van der Waals surface area contributed by atoms with Crippen molar-refractivity contribution in [2.24, 2.45) is 0 Å². The van der Waals surface area contributed by atoms with Crippen molar-refractivity contribution in [3.8, 4) is 0 Å². The molecule has 0 atom stereocenters. The van der Waals surface area contributed by atoms with Crippen LogP contribution >= 0.6 is 15.9 Å². The zero-order valence-corrected chi connectivity index (χ0v) is 12.1. The minimum atomic E-state index is 0.610. The highest BCUT2D eigenvalue weighted by Gasteiger charge is 2.06. The zero-order valence-electron chi connectivity index (χ0n) is 10.5. The number of pyridine rings is 1. The predicted molar refractivity (Wildman–Crippen MR) is 83.2 cm³/mol. The van der Waals surface area contributed by atoms with Gasteiger partial charge in [-0.15, -0.1) is 0 Å². The number of rotatable bonds is 3. The van der Waals surface area contributed by atoms with E-state index < -0.39 is 0 Å². The Balaban J connectivity index is 1.94. The first-order chi connectivity index (χ1) is 9.74. The molecule has 3 rings (SSSR count). The van der Waals surface area contributed by atoms with E-state index in [1.54, 1.807) is 12.4 Å². The number of nitrogens with zero attached hydrogens (tertiary/aromatic N) is 3. The number of aromatic nitrogens is 3. The Hall–Kier alpha value is -2.21. The van der Waals surface area contributed by atoms with Gasteiger partial charge < -0.3 is 11.1 Å². The van der Waals surface area contributed by atoms with Crippen LogP contribution in [0.5, 0.6) is 0 Å². The maximum Gasteiger partial charge on any atom is 0.115 e. The van der Waals surface area contributed by atoms with Gasteiger partial charge in [0.15, 0.2) is 0 Å². The molecule has 2 aromatic heterocycles. The van der Waals surface area contributed by atoms with Gasteiger partial charge in [0.2, 0.25) is 0 Å². The van der Waals surface area contributed by atoms with E-state index in [-0.39, 0.29) is 0 Å². The van der Waals surface area contributed by atoms with E-state index >= 15 is 0 Å². The first-order valence-corrected chi connectivity index (χ1v) is 6.86. The summed E-state index contributed by atoms with van der Waals surface area (Å²) in [6, 6.07) is 7.64. The lowest BCUT2D eigenvalue weighted by molar-refractivity contribution is 1.01. The molecule has 0 unspecified atom stereocenters. The molecule has 100 valence electrons. The fraction of sp³-hybridized carbons (Fsp3) is 0.0714. The summed E-state index contributed by atoms with van der Waals surface area (Å²) in [5.41, 5.74) is 9.40. The normalized spacial score (nSPS) is 10.7. The number of hydrogen-bond donors (Lipinski definition) is 2. The summed E-state index contributed by atoms with van der Waals surface area (Å²) in [7, 11) is 0. The third-order valence-electron chi connectivity index (χ3n) is 2.95. The smallest absolute Gasteiger partial charge is 0.115 e. The molecule has 0 spiro atoms. The lowest BCUT2D eigenvalue weighted by atomic mass is 10.1. The minimum Gasteiger partial charge on any atom is -0.398 e. The molecule has 0 aliphatic heterocycles. The second kappa shape index (κ2) is 5.42. The molecule has 1 aromatic carbocycles. The van der Waals surface area contributed by atoms with Gasteiger partial charge in [-0.1, -0.05) is 0 Å². The van der Waals surface area contributed by atoms with Gasteiger partial charge >= 0.3 is 0 Å². The largest absolute Gasteiger partial charge is 0.398 e. The number of benzene rings is 1. The Morgan fingerprint density at radius 3 is 2.90 bits per heavy atom. The number of fused-ring (bicyclic) bond motifs is 1. The van der Waals surface area contributed by atoms with Gasteiger partial charge in [-0.3, -0.25) is 4.98 Å². The van der Waals surface area contributed by atoms with Crippen LogP contribution in [0.2, 0.25) is 0 Å². The number of hydrogen-bond acceptors (Lipinski definition) is 5. The number of nitrogens with one attached hydrogen (secondary N) is 1. The van der Waals surface area contributed by atoms with Gasteiger partial charge in [-0.25, -0.2) is 9.97 Å². The lowest BCUT2D eigenvalue weighted by Gasteiger charge is -2.10. The summed E-state index contributed by atoms with van der Waals surface area (Å²) in [6.07, 6.45) is 5.02. The van der Waals surface area contributed by atoms with Crippen molar-refractivity contribution >= 4 is 38.2 Å². The Labute approximate surface area is 124 Å². The van der Waals surface area contributed by atoms with Gasteiger partial charge in [0.05, 0.1) is 23.4 Å². The fourth-order valence-electron chi connectivity index (χ4n) is 1.97. The second-order valence-electron chi connectivity index (χ2n) is 4.31. The van der Waals surface area contributed by atoms with Gasteiger partial charge in [-0.05, 0) is 40.2 Å². The standard InChI is InChI=1S/C14H12BrN5/c15-9-5-11-12(16)1-2-13(14(11)19-6-9)18-7-10-3-4-17-8-20-10/h1-6,8,18H,7,16H2. The van der Waals surface area contributed by atoms with Gasteiger partial charge in [0.25, 0.3) is 0 Å². The molecular formula is C14H12BrN5. The average molecular weight is 330 g/mol. The third-order valence-corrected chi connectivity index (χ3v) is 3.39. The van der Waals surface area contributed by atoms with Gasteiger partial charge in [0.1, 0.15) is 6.33 Å². The molecule has 0 bridgehead atoms. The maximum absolute atomic E-state index is 5.99. The van der Waals surface area contributed by atoms with Crippen LogP contribution < -0.4 is 11.1 Å². The minimum absolute atomic E-state index is 0.610. The second-order valence-corrected chi connectivity index (χ2v) is 5.22. The van der Waals surface area contributed by atoms with Crippen LogP contribution in [0.25, 0.3) is 10.9 Å². The summed E-state index contributed by atoms with van der Waals surface area (Å²) in [4.78, 5) is 12.5. The average Bonchev–Trinajstić information content (AvgIpc) is 2.48. The van der Waals surface area contributed by atoms with E-state index in [1.807, 2.05) is 24.3 Å².